The molecule has 0 aliphatic rings. The fourth-order valence-electron chi connectivity index (χ4n) is 4.53. The third kappa shape index (κ3) is 7.50. The average Bonchev–Trinajstić information content (AvgIpc) is 2.94. The van der Waals surface area contributed by atoms with Gasteiger partial charge in [0.15, 0.2) is 0 Å². The molecule has 0 aromatic heterocycles. The van der Waals surface area contributed by atoms with Gasteiger partial charge in [0.2, 0.25) is 11.8 Å². The van der Waals surface area contributed by atoms with Gasteiger partial charge in [0.1, 0.15) is 12.6 Å². The highest BCUT2D eigenvalue weighted by atomic mass is 32.2. The number of rotatable bonds is 13. The lowest BCUT2D eigenvalue weighted by atomic mass is 10.1. The lowest BCUT2D eigenvalue weighted by Gasteiger charge is -2.33. The second-order valence-electron chi connectivity index (χ2n) is 10.1. The highest BCUT2D eigenvalue weighted by Crippen LogP contribution is 2.27. The molecule has 0 fully saturated rings. The first-order chi connectivity index (χ1) is 19.1. The molecule has 3 aromatic rings. The molecule has 1 atom stereocenters. The minimum atomic E-state index is -4.08. The van der Waals surface area contributed by atoms with E-state index < -0.39 is 28.5 Å². The molecule has 0 spiro atoms. The van der Waals surface area contributed by atoms with Gasteiger partial charge in [-0.15, -0.1) is 0 Å². The van der Waals surface area contributed by atoms with Crippen molar-refractivity contribution in [1.29, 1.82) is 0 Å². The Morgan fingerprint density at radius 2 is 1.52 bits per heavy atom. The summed E-state index contributed by atoms with van der Waals surface area (Å²) >= 11 is 0. The van der Waals surface area contributed by atoms with E-state index in [9.17, 15) is 18.0 Å². The smallest absolute Gasteiger partial charge is 0.264 e. The Morgan fingerprint density at radius 1 is 0.850 bits per heavy atom. The fraction of sp³-hybridized carbons (Fsp3) is 0.375. The van der Waals surface area contributed by atoms with E-state index in [1.165, 1.54) is 17.0 Å². The van der Waals surface area contributed by atoms with Crippen molar-refractivity contribution in [2.75, 3.05) is 17.4 Å². The standard InChI is InChI=1S/C32H41N3O4S/c1-6-8-20-33-32(37)30(7-2)34(22-27-15-13-12-14-25(27)4)31(36)23-35(28-19-18-24(3)26(5)21-28)40(38,39)29-16-10-9-11-17-29/h9-19,21,30H,6-8,20,22-23H2,1-5H3,(H,33,37)/t30-/m1/s1. The first-order valence-corrected chi connectivity index (χ1v) is 15.3. The van der Waals surface area contributed by atoms with E-state index in [1.54, 1.807) is 30.3 Å². The SMILES string of the molecule is CCCCNC(=O)[C@@H](CC)N(Cc1ccccc1C)C(=O)CN(c1ccc(C)c(C)c1)S(=O)(=O)c1ccccc1. The molecule has 0 aliphatic carbocycles. The molecule has 0 saturated heterocycles. The van der Waals surface area contributed by atoms with Gasteiger partial charge in [-0.1, -0.05) is 68.8 Å². The minimum absolute atomic E-state index is 0.0934. The number of anilines is 1. The first-order valence-electron chi connectivity index (χ1n) is 13.9. The number of nitrogens with zero attached hydrogens (tertiary/aromatic N) is 2. The van der Waals surface area contributed by atoms with Crippen LogP contribution < -0.4 is 9.62 Å². The lowest BCUT2D eigenvalue weighted by Crippen LogP contribution is -2.52. The quantitative estimate of drug-likeness (QED) is 0.277. The summed E-state index contributed by atoms with van der Waals surface area (Å²) in [5, 5.41) is 2.96. The second-order valence-corrected chi connectivity index (χ2v) is 12.0. The van der Waals surface area contributed by atoms with Crippen LogP contribution in [0.15, 0.2) is 77.7 Å². The zero-order valence-corrected chi connectivity index (χ0v) is 25.0. The normalized spacial score (nSPS) is 12.0. The summed E-state index contributed by atoms with van der Waals surface area (Å²) in [5.74, 6) is -0.681. The van der Waals surface area contributed by atoms with E-state index in [0.717, 1.165) is 39.4 Å². The van der Waals surface area contributed by atoms with Gasteiger partial charge in [0, 0.05) is 13.1 Å². The monoisotopic (exact) mass is 563 g/mol. The van der Waals surface area contributed by atoms with E-state index in [1.807, 2.05) is 65.0 Å². The third-order valence-electron chi connectivity index (χ3n) is 7.21. The Hall–Kier alpha value is -3.65. The Bertz CT molecular complexity index is 1410. The van der Waals surface area contributed by atoms with E-state index in [0.29, 0.717) is 18.7 Å². The Kier molecular flexibility index (Phi) is 10.9. The molecule has 0 saturated carbocycles. The molecular weight excluding hydrogens is 522 g/mol. The molecule has 1 N–H and O–H groups in total. The Balaban J connectivity index is 2.06. The van der Waals surface area contributed by atoms with Crippen LogP contribution in [0, 0.1) is 20.8 Å². The van der Waals surface area contributed by atoms with Crippen LogP contribution in [0.25, 0.3) is 0 Å². The van der Waals surface area contributed by atoms with Crippen molar-refractivity contribution in [1.82, 2.24) is 10.2 Å². The maximum atomic E-state index is 14.1. The first kappa shape index (κ1) is 30.9. The van der Waals surface area contributed by atoms with Crippen LogP contribution in [0.4, 0.5) is 5.69 Å². The molecule has 40 heavy (non-hydrogen) atoms. The van der Waals surface area contributed by atoms with E-state index in [2.05, 4.69) is 5.32 Å². The topological polar surface area (TPSA) is 86.8 Å². The molecule has 0 unspecified atom stereocenters. The van der Waals surface area contributed by atoms with Gasteiger partial charge in [0.05, 0.1) is 10.6 Å². The Morgan fingerprint density at radius 3 is 2.15 bits per heavy atom. The van der Waals surface area contributed by atoms with Gasteiger partial charge in [-0.25, -0.2) is 8.42 Å². The number of hydrogen-bond acceptors (Lipinski definition) is 4. The molecule has 3 aromatic carbocycles. The van der Waals surface area contributed by atoms with E-state index in [4.69, 9.17) is 0 Å². The summed E-state index contributed by atoms with van der Waals surface area (Å²) in [7, 11) is -4.08. The molecule has 7 nitrogen and oxygen atoms in total. The van der Waals surface area contributed by atoms with Crippen molar-refractivity contribution in [3.8, 4) is 0 Å². The number of carbonyl (C=O) groups excluding carboxylic acids is 2. The van der Waals surface area contributed by atoms with Gasteiger partial charge < -0.3 is 10.2 Å². The number of aryl methyl sites for hydroxylation is 3. The van der Waals surface area contributed by atoms with Gasteiger partial charge in [-0.2, -0.15) is 0 Å². The predicted molar refractivity (Wildman–Crippen MR) is 161 cm³/mol. The summed E-state index contributed by atoms with van der Waals surface area (Å²) in [4.78, 5) is 29.1. The lowest BCUT2D eigenvalue weighted by molar-refractivity contribution is -0.140. The number of carbonyl (C=O) groups is 2. The van der Waals surface area contributed by atoms with Gasteiger partial charge in [0.25, 0.3) is 10.0 Å². The summed E-state index contributed by atoms with van der Waals surface area (Å²) in [6, 6.07) is 20.4. The van der Waals surface area contributed by atoms with Crippen LogP contribution in [0.3, 0.4) is 0 Å². The number of benzene rings is 3. The minimum Gasteiger partial charge on any atom is -0.354 e. The maximum Gasteiger partial charge on any atom is 0.264 e. The highest BCUT2D eigenvalue weighted by molar-refractivity contribution is 7.92. The molecule has 8 heteroatoms. The largest absolute Gasteiger partial charge is 0.354 e. The average molecular weight is 564 g/mol. The van der Waals surface area contributed by atoms with Gasteiger partial charge in [-0.05, 0) is 80.1 Å². The van der Waals surface area contributed by atoms with Gasteiger partial charge >= 0.3 is 0 Å². The van der Waals surface area contributed by atoms with E-state index in [-0.39, 0.29) is 17.3 Å². The molecule has 0 bridgehead atoms. The van der Waals surface area contributed by atoms with Crippen molar-refractivity contribution >= 4 is 27.5 Å². The Labute approximate surface area is 239 Å². The summed E-state index contributed by atoms with van der Waals surface area (Å²) in [6.45, 7) is 10.0. The van der Waals surface area contributed by atoms with Crippen molar-refractivity contribution in [3.05, 3.63) is 95.1 Å². The van der Waals surface area contributed by atoms with Crippen molar-refractivity contribution in [2.24, 2.45) is 0 Å². The molecule has 3 rings (SSSR count). The highest BCUT2D eigenvalue weighted by Gasteiger charge is 2.33. The van der Waals surface area contributed by atoms with Crippen LogP contribution in [0.2, 0.25) is 0 Å². The molecule has 2 amide bonds. The summed E-state index contributed by atoms with van der Waals surface area (Å²) < 4.78 is 29.0. The van der Waals surface area contributed by atoms with Gasteiger partial charge in [-0.3, -0.25) is 13.9 Å². The fourth-order valence-corrected chi connectivity index (χ4v) is 5.95. The van der Waals surface area contributed by atoms with Crippen molar-refractivity contribution in [2.45, 2.75) is 71.4 Å². The van der Waals surface area contributed by atoms with Crippen molar-refractivity contribution < 1.29 is 18.0 Å². The third-order valence-corrected chi connectivity index (χ3v) is 8.99. The number of nitrogens with one attached hydrogen (secondary N) is 1. The summed E-state index contributed by atoms with van der Waals surface area (Å²) in [6.07, 6.45) is 2.17. The van der Waals surface area contributed by atoms with Crippen LogP contribution in [0.1, 0.15) is 55.4 Å². The number of amides is 2. The molecular formula is C32H41N3O4S. The van der Waals surface area contributed by atoms with Crippen LogP contribution >= 0.6 is 0 Å². The maximum absolute atomic E-state index is 14.1. The molecule has 0 heterocycles. The predicted octanol–water partition coefficient (Wildman–Crippen LogP) is 5.53. The molecule has 214 valence electrons. The van der Waals surface area contributed by atoms with E-state index >= 15 is 0 Å². The van der Waals surface area contributed by atoms with Crippen molar-refractivity contribution in [3.63, 3.8) is 0 Å². The second kappa shape index (κ2) is 14.1. The van der Waals surface area contributed by atoms with Crippen LogP contribution in [-0.4, -0.2) is 44.3 Å². The number of unbranched alkanes of at least 4 members (excludes halogenated alkanes) is 1. The summed E-state index contributed by atoms with van der Waals surface area (Å²) in [5.41, 5.74) is 4.22. The van der Waals surface area contributed by atoms with Crippen LogP contribution in [0.5, 0.6) is 0 Å². The zero-order valence-electron chi connectivity index (χ0n) is 24.2. The zero-order chi connectivity index (χ0) is 29.3. The van der Waals surface area contributed by atoms with Crippen LogP contribution in [-0.2, 0) is 26.2 Å². The number of hydrogen-bond donors (Lipinski definition) is 1. The molecule has 0 aliphatic heterocycles. The number of sulfonamides is 1. The molecule has 0 radical (unpaired) electrons.